The maximum atomic E-state index is 13.1. The Morgan fingerprint density at radius 1 is 1.06 bits per heavy atom. The van der Waals surface area contributed by atoms with Crippen LogP contribution in [0.1, 0.15) is 57.3 Å². The largest absolute Gasteiger partial charge is 0.465 e. The lowest BCUT2D eigenvalue weighted by Crippen LogP contribution is -2.41. The summed E-state index contributed by atoms with van der Waals surface area (Å²) in [6.07, 6.45) is 2.61. The topological polar surface area (TPSA) is 122 Å². The average Bonchev–Trinajstić information content (AvgIpc) is 3.24. The van der Waals surface area contributed by atoms with Crippen molar-refractivity contribution in [3.63, 3.8) is 0 Å². The van der Waals surface area contributed by atoms with Crippen molar-refractivity contribution in [2.75, 3.05) is 32.6 Å². The number of thiophene rings is 1. The van der Waals surface area contributed by atoms with Crippen molar-refractivity contribution in [3.05, 3.63) is 45.8 Å². The van der Waals surface area contributed by atoms with Crippen LogP contribution in [0.2, 0.25) is 0 Å². The predicted octanol–water partition coefficient (Wildman–Crippen LogP) is 3.47. The van der Waals surface area contributed by atoms with Crippen LogP contribution in [0, 0.1) is 0 Å². The number of ether oxygens (including phenoxy) is 2. The molecule has 2 amide bonds. The summed E-state index contributed by atoms with van der Waals surface area (Å²) in [5, 5.41) is 3.09. The predicted molar refractivity (Wildman–Crippen MR) is 134 cm³/mol. The first-order chi connectivity index (χ1) is 17.2. The molecule has 1 unspecified atom stereocenters. The second kappa shape index (κ2) is 10.6. The van der Waals surface area contributed by atoms with Crippen molar-refractivity contribution in [2.45, 2.75) is 50.1 Å². The molecule has 12 heteroatoms. The van der Waals surface area contributed by atoms with Gasteiger partial charge in [-0.2, -0.15) is 4.31 Å². The van der Waals surface area contributed by atoms with Crippen molar-refractivity contribution in [2.24, 2.45) is 0 Å². The van der Waals surface area contributed by atoms with Crippen LogP contribution < -0.4 is 5.32 Å². The lowest BCUT2D eigenvalue weighted by molar-refractivity contribution is 0.0600. The summed E-state index contributed by atoms with van der Waals surface area (Å²) in [5.74, 6) is -1.06. The van der Waals surface area contributed by atoms with Gasteiger partial charge in [0.15, 0.2) is 0 Å². The Bertz CT molecular complexity index is 1270. The number of methoxy groups -OCH3 is 2. The number of nitrogens with one attached hydrogen (secondary N) is 1. The van der Waals surface area contributed by atoms with Gasteiger partial charge >= 0.3 is 12.1 Å². The molecule has 10 nitrogen and oxygen atoms in total. The van der Waals surface area contributed by atoms with E-state index in [0.717, 1.165) is 29.7 Å². The lowest BCUT2D eigenvalue weighted by Gasteiger charge is -2.32. The number of carbonyl (C=O) groups is 3. The Balaban J connectivity index is 1.56. The van der Waals surface area contributed by atoms with Gasteiger partial charge in [0.25, 0.3) is 5.91 Å². The molecule has 3 heterocycles. The molecule has 1 aromatic heterocycles. The molecular weight excluding hydrogens is 506 g/mol. The fourth-order valence-corrected chi connectivity index (χ4v) is 7.56. The Hall–Kier alpha value is -2.96. The third kappa shape index (κ3) is 4.97. The number of rotatable bonds is 5. The molecule has 0 aliphatic carbocycles. The number of amides is 2. The first-order valence-electron chi connectivity index (χ1n) is 11.7. The van der Waals surface area contributed by atoms with E-state index in [9.17, 15) is 22.8 Å². The first kappa shape index (κ1) is 26.1. The van der Waals surface area contributed by atoms with Gasteiger partial charge in [0.05, 0.1) is 31.2 Å². The first-order valence-corrected chi connectivity index (χ1v) is 13.9. The van der Waals surface area contributed by atoms with Crippen molar-refractivity contribution < 1.29 is 32.3 Å². The van der Waals surface area contributed by atoms with Gasteiger partial charge in [-0.3, -0.25) is 4.79 Å². The maximum absolute atomic E-state index is 13.1. The number of piperidine rings is 1. The average molecular weight is 536 g/mol. The molecule has 2 aliphatic rings. The highest BCUT2D eigenvalue weighted by molar-refractivity contribution is 7.89. The van der Waals surface area contributed by atoms with Gasteiger partial charge in [-0.25, -0.2) is 18.0 Å². The minimum absolute atomic E-state index is 0.0663. The second-order valence-corrected chi connectivity index (χ2v) is 11.8. The minimum Gasteiger partial charge on any atom is -0.465 e. The molecule has 0 saturated carbocycles. The van der Waals surface area contributed by atoms with Gasteiger partial charge in [0.2, 0.25) is 10.0 Å². The van der Waals surface area contributed by atoms with E-state index in [0.29, 0.717) is 24.5 Å². The number of benzene rings is 1. The third-order valence-electron chi connectivity index (χ3n) is 6.57. The van der Waals surface area contributed by atoms with E-state index in [1.54, 1.807) is 0 Å². The van der Waals surface area contributed by atoms with Gasteiger partial charge in [-0.15, -0.1) is 11.3 Å². The molecule has 194 valence electrons. The van der Waals surface area contributed by atoms with E-state index >= 15 is 0 Å². The quantitative estimate of drug-likeness (QED) is 0.582. The zero-order valence-corrected chi connectivity index (χ0v) is 22.0. The summed E-state index contributed by atoms with van der Waals surface area (Å²) >= 11 is 1.20. The number of anilines is 1. The Kier molecular flexibility index (Phi) is 7.67. The molecule has 36 heavy (non-hydrogen) atoms. The van der Waals surface area contributed by atoms with Crippen LogP contribution in [-0.2, 0) is 32.5 Å². The van der Waals surface area contributed by atoms with Gasteiger partial charge in [0.1, 0.15) is 5.00 Å². The molecule has 1 saturated heterocycles. The summed E-state index contributed by atoms with van der Waals surface area (Å²) in [6.45, 7) is 3.02. The number of fused-ring (bicyclic) bond motifs is 1. The van der Waals surface area contributed by atoms with Crippen LogP contribution in [0.5, 0.6) is 0 Å². The highest BCUT2D eigenvalue weighted by Crippen LogP contribution is 2.38. The molecule has 2 aliphatic heterocycles. The molecule has 0 spiro atoms. The third-order valence-corrected chi connectivity index (χ3v) is 9.73. The molecule has 1 aromatic carbocycles. The van der Waals surface area contributed by atoms with Crippen molar-refractivity contribution in [1.29, 1.82) is 0 Å². The summed E-state index contributed by atoms with van der Waals surface area (Å²) < 4.78 is 37.4. The normalized spacial score (nSPS) is 18.3. The second-order valence-electron chi connectivity index (χ2n) is 8.78. The van der Waals surface area contributed by atoms with E-state index in [1.165, 1.54) is 59.0 Å². The molecule has 1 N–H and O–H groups in total. The molecule has 0 radical (unpaired) electrons. The number of hydrogen-bond acceptors (Lipinski definition) is 8. The van der Waals surface area contributed by atoms with Crippen LogP contribution in [0.4, 0.5) is 9.80 Å². The fraction of sp³-hybridized carbons (Fsp3) is 0.458. The van der Waals surface area contributed by atoms with E-state index in [-0.39, 0.29) is 28.6 Å². The van der Waals surface area contributed by atoms with Gasteiger partial charge < -0.3 is 19.7 Å². The van der Waals surface area contributed by atoms with Gasteiger partial charge in [-0.1, -0.05) is 6.42 Å². The molecular formula is C24H29N3O7S2. The van der Waals surface area contributed by atoms with Crippen molar-refractivity contribution in [1.82, 2.24) is 9.21 Å². The Labute approximate surface area is 214 Å². The van der Waals surface area contributed by atoms with Crippen LogP contribution in [0.3, 0.4) is 0 Å². The van der Waals surface area contributed by atoms with Gasteiger partial charge in [-0.05, 0) is 56.0 Å². The van der Waals surface area contributed by atoms with E-state index in [2.05, 4.69) is 5.32 Å². The molecule has 1 fully saturated rings. The monoisotopic (exact) mass is 535 g/mol. The highest BCUT2D eigenvalue weighted by atomic mass is 32.2. The van der Waals surface area contributed by atoms with E-state index in [4.69, 9.17) is 9.47 Å². The summed E-state index contributed by atoms with van der Waals surface area (Å²) in [4.78, 5) is 39.9. The minimum atomic E-state index is -3.65. The SMILES string of the molecule is COC(=O)c1c(NC(=O)c2ccc(S(=O)(=O)N3CCCCC3C)cc2)sc2c1CCN(C(=O)OC)C2. The number of esters is 1. The van der Waals surface area contributed by atoms with Crippen LogP contribution in [0.25, 0.3) is 0 Å². The fourth-order valence-electron chi connectivity index (χ4n) is 4.61. The summed E-state index contributed by atoms with van der Waals surface area (Å²) in [5.41, 5.74) is 1.26. The number of carbonyl (C=O) groups excluding carboxylic acids is 3. The molecule has 1 atom stereocenters. The lowest BCUT2D eigenvalue weighted by atomic mass is 10.0. The van der Waals surface area contributed by atoms with Crippen molar-refractivity contribution in [3.8, 4) is 0 Å². The Morgan fingerprint density at radius 3 is 2.42 bits per heavy atom. The number of sulfonamides is 1. The molecule has 4 rings (SSSR count). The van der Waals surface area contributed by atoms with E-state index < -0.39 is 28.0 Å². The van der Waals surface area contributed by atoms with E-state index in [1.807, 2.05) is 6.92 Å². The maximum Gasteiger partial charge on any atom is 0.409 e. The number of nitrogens with zero attached hydrogens (tertiary/aromatic N) is 2. The van der Waals surface area contributed by atoms with Gasteiger partial charge in [0, 0.05) is 29.6 Å². The summed E-state index contributed by atoms with van der Waals surface area (Å²) in [6, 6.07) is 5.71. The molecule has 0 bridgehead atoms. The number of hydrogen-bond donors (Lipinski definition) is 1. The van der Waals surface area contributed by atoms with Crippen LogP contribution in [0.15, 0.2) is 29.2 Å². The van der Waals surface area contributed by atoms with Crippen LogP contribution in [-0.4, -0.2) is 68.9 Å². The molecule has 2 aromatic rings. The Morgan fingerprint density at radius 2 is 1.78 bits per heavy atom. The smallest absolute Gasteiger partial charge is 0.409 e. The zero-order chi connectivity index (χ0) is 26.0. The van der Waals surface area contributed by atoms with Crippen molar-refractivity contribution >= 4 is 44.3 Å². The highest BCUT2D eigenvalue weighted by Gasteiger charge is 2.32. The standard InChI is InChI=1S/C24H29N3O7S2/c1-15-6-4-5-12-27(15)36(31,32)17-9-7-16(8-10-17)21(28)25-22-20(23(29)33-2)18-11-13-26(24(30)34-3)14-19(18)35-22/h7-10,15H,4-6,11-14H2,1-3H3,(H,25,28). The zero-order valence-electron chi connectivity index (χ0n) is 20.4. The van der Waals surface area contributed by atoms with Crippen LogP contribution >= 0.6 is 11.3 Å². The summed E-state index contributed by atoms with van der Waals surface area (Å²) in [7, 11) is -1.08.